The molecule has 0 radical (unpaired) electrons. The molecule has 3 aromatic rings. The number of aryl methyl sites for hydroxylation is 2. The lowest BCUT2D eigenvalue weighted by Crippen LogP contribution is -2.37. The number of aromatic amines is 1. The number of nitrogens with one attached hydrogen (secondary N) is 2. The first-order valence-electron chi connectivity index (χ1n) is 10.9. The van der Waals surface area contributed by atoms with Crippen LogP contribution in [0.3, 0.4) is 0 Å². The Bertz CT molecular complexity index is 1000. The molecule has 1 amide bonds. The maximum absolute atomic E-state index is 12.4. The zero-order valence-electron chi connectivity index (χ0n) is 18.0. The number of morpholine rings is 1. The summed E-state index contributed by atoms with van der Waals surface area (Å²) in [6.45, 7) is 9.32. The van der Waals surface area contributed by atoms with Crippen LogP contribution in [0.15, 0.2) is 42.5 Å². The van der Waals surface area contributed by atoms with E-state index in [1.807, 2.05) is 6.07 Å². The quantitative estimate of drug-likeness (QED) is 0.620. The molecule has 5 heteroatoms. The largest absolute Gasteiger partial charge is 0.379 e. The minimum atomic E-state index is 0.115. The number of aromatic nitrogens is 1. The standard InChI is InChI=1S/C25H31N3O2/c1-18-15-21(17-26-23(29)9-6-10-28-11-13-30-14-12-28)25-22(16-18)19(2)24(27-25)20-7-4-3-5-8-20/h3-5,7-8,15-16,27H,6,9-14,17H2,1-2H3,(H,26,29). The highest BCUT2D eigenvalue weighted by atomic mass is 16.5. The lowest BCUT2D eigenvalue weighted by molar-refractivity contribution is -0.121. The van der Waals surface area contributed by atoms with Gasteiger partial charge in [0.05, 0.1) is 18.7 Å². The highest BCUT2D eigenvalue weighted by Gasteiger charge is 2.14. The number of rotatable bonds is 7. The van der Waals surface area contributed by atoms with Crippen LogP contribution in [0, 0.1) is 13.8 Å². The van der Waals surface area contributed by atoms with Crippen molar-refractivity contribution < 1.29 is 9.53 Å². The van der Waals surface area contributed by atoms with Crippen molar-refractivity contribution >= 4 is 16.8 Å². The van der Waals surface area contributed by atoms with Crippen LogP contribution < -0.4 is 5.32 Å². The van der Waals surface area contributed by atoms with Gasteiger partial charge < -0.3 is 15.0 Å². The van der Waals surface area contributed by atoms with Gasteiger partial charge in [-0.05, 0) is 49.6 Å². The van der Waals surface area contributed by atoms with Crippen molar-refractivity contribution in [1.29, 1.82) is 0 Å². The van der Waals surface area contributed by atoms with Gasteiger partial charge in [0.15, 0.2) is 0 Å². The van der Waals surface area contributed by atoms with Crippen LogP contribution in [-0.4, -0.2) is 48.6 Å². The van der Waals surface area contributed by atoms with Crippen molar-refractivity contribution in [3.8, 4) is 11.3 Å². The van der Waals surface area contributed by atoms with Gasteiger partial charge in [-0.15, -0.1) is 0 Å². The predicted octanol–water partition coefficient (Wildman–Crippen LogP) is 4.18. The zero-order valence-corrected chi connectivity index (χ0v) is 18.0. The molecular weight excluding hydrogens is 374 g/mol. The fraction of sp³-hybridized carbons (Fsp3) is 0.400. The second-order valence-electron chi connectivity index (χ2n) is 8.17. The van der Waals surface area contributed by atoms with Crippen LogP contribution >= 0.6 is 0 Å². The predicted molar refractivity (Wildman–Crippen MR) is 122 cm³/mol. The van der Waals surface area contributed by atoms with Gasteiger partial charge in [-0.25, -0.2) is 0 Å². The van der Waals surface area contributed by atoms with Crippen molar-refractivity contribution in [3.63, 3.8) is 0 Å². The topological polar surface area (TPSA) is 57.4 Å². The average molecular weight is 406 g/mol. The molecule has 1 saturated heterocycles. The van der Waals surface area contributed by atoms with E-state index in [1.54, 1.807) is 0 Å². The lowest BCUT2D eigenvalue weighted by atomic mass is 10.0. The van der Waals surface area contributed by atoms with Gasteiger partial charge in [0.2, 0.25) is 5.91 Å². The van der Waals surface area contributed by atoms with E-state index in [4.69, 9.17) is 4.74 Å². The third-order valence-corrected chi connectivity index (χ3v) is 5.91. The number of carbonyl (C=O) groups is 1. The summed E-state index contributed by atoms with van der Waals surface area (Å²) in [5.74, 6) is 0.115. The van der Waals surface area contributed by atoms with Crippen molar-refractivity contribution in [3.05, 3.63) is 59.2 Å². The molecule has 4 rings (SSSR count). The van der Waals surface area contributed by atoms with Crippen molar-refractivity contribution in [2.24, 2.45) is 0 Å². The number of amides is 1. The molecular formula is C25H31N3O2. The summed E-state index contributed by atoms with van der Waals surface area (Å²) in [7, 11) is 0. The van der Waals surface area contributed by atoms with E-state index in [2.05, 4.69) is 65.4 Å². The molecule has 0 spiro atoms. The van der Waals surface area contributed by atoms with Gasteiger partial charge in [0, 0.05) is 37.1 Å². The summed E-state index contributed by atoms with van der Waals surface area (Å²) in [6, 6.07) is 14.8. The second kappa shape index (κ2) is 9.45. The Morgan fingerprint density at radius 1 is 1.13 bits per heavy atom. The summed E-state index contributed by atoms with van der Waals surface area (Å²) in [5.41, 5.74) is 7.04. The monoisotopic (exact) mass is 405 g/mol. The first-order valence-corrected chi connectivity index (χ1v) is 10.9. The molecule has 0 saturated carbocycles. The van der Waals surface area contributed by atoms with E-state index < -0.39 is 0 Å². The summed E-state index contributed by atoms with van der Waals surface area (Å²) >= 11 is 0. The number of hydrogen-bond donors (Lipinski definition) is 2. The Hall–Kier alpha value is -2.63. The number of benzene rings is 2. The minimum Gasteiger partial charge on any atom is -0.379 e. The average Bonchev–Trinajstić information content (AvgIpc) is 3.10. The fourth-order valence-electron chi connectivity index (χ4n) is 4.26. The third-order valence-electron chi connectivity index (χ3n) is 5.91. The summed E-state index contributed by atoms with van der Waals surface area (Å²) in [6.07, 6.45) is 1.44. The highest BCUT2D eigenvalue weighted by molar-refractivity contribution is 5.93. The Kier molecular flexibility index (Phi) is 6.50. The van der Waals surface area contributed by atoms with E-state index in [9.17, 15) is 4.79 Å². The third kappa shape index (κ3) is 4.74. The summed E-state index contributed by atoms with van der Waals surface area (Å²) in [4.78, 5) is 18.4. The van der Waals surface area contributed by atoms with Crippen LogP contribution in [0.2, 0.25) is 0 Å². The Labute approximate surface area is 178 Å². The first-order chi connectivity index (χ1) is 14.6. The summed E-state index contributed by atoms with van der Waals surface area (Å²) in [5, 5.41) is 4.35. The molecule has 0 aliphatic carbocycles. The molecule has 2 aromatic carbocycles. The Morgan fingerprint density at radius 2 is 1.90 bits per heavy atom. The number of carbonyl (C=O) groups excluding carboxylic acids is 1. The zero-order chi connectivity index (χ0) is 20.9. The van der Waals surface area contributed by atoms with Crippen LogP contribution in [0.5, 0.6) is 0 Å². The molecule has 1 aliphatic heterocycles. The van der Waals surface area contributed by atoms with Crippen molar-refractivity contribution in [2.45, 2.75) is 33.2 Å². The van der Waals surface area contributed by atoms with E-state index in [0.29, 0.717) is 13.0 Å². The minimum absolute atomic E-state index is 0.115. The normalized spacial score (nSPS) is 14.9. The number of nitrogens with zero attached hydrogens (tertiary/aromatic N) is 1. The Morgan fingerprint density at radius 3 is 2.67 bits per heavy atom. The fourth-order valence-corrected chi connectivity index (χ4v) is 4.26. The molecule has 1 aromatic heterocycles. The van der Waals surface area contributed by atoms with Gasteiger partial charge in [0.25, 0.3) is 0 Å². The molecule has 30 heavy (non-hydrogen) atoms. The van der Waals surface area contributed by atoms with E-state index in [1.165, 1.54) is 22.1 Å². The Balaban J connectivity index is 1.42. The maximum Gasteiger partial charge on any atom is 0.220 e. The van der Waals surface area contributed by atoms with Crippen LogP contribution in [0.25, 0.3) is 22.2 Å². The van der Waals surface area contributed by atoms with Gasteiger partial charge in [-0.1, -0.05) is 42.0 Å². The van der Waals surface area contributed by atoms with Crippen LogP contribution in [0.4, 0.5) is 0 Å². The van der Waals surface area contributed by atoms with E-state index in [0.717, 1.165) is 56.0 Å². The van der Waals surface area contributed by atoms with E-state index >= 15 is 0 Å². The number of fused-ring (bicyclic) bond motifs is 1. The van der Waals surface area contributed by atoms with E-state index in [-0.39, 0.29) is 5.91 Å². The molecule has 2 N–H and O–H groups in total. The first kappa shape index (κ1) is 20.6. The maximum atomic E-state index is 12.4. The SMILES string of the molecule is Cc1cc(CNC(=O)CCCN2CCOCC2)c2[nH]c(-c3ccccc3)c(C)c2c1. The van der Waals surface area contributed by atoms with Gasteiger partial charge in [-0.2, -0.15) is 0 Å². The molecule has 0 atom stereocenters. The van der Waals surface area contributed by atoms with Crippen molar-refractivity contribution in [2.75, 3.05) is 32.8 Å². The van der Waals surface area contributed by atoms with Gasteiger partial charge in [-0.3, -0.25) is 9.69 Å². The number of H-pyrrole nitrogens is 1. The molecule has 0 bridgehead atoms. The van der Waals surface area contributed by atoms with Crippen molar-refractivity contribution in [1.82, 2.24) is 15.2 Å². The molecule has 158 valence electrons. The second-order valence-corrected chi connectivity index (χ2v) is 8.17. The van der Waals surface area contributed by atoms with Crippen LogP contribution in [0.1, 0.15) is 29.5 Å². The van der Waals surface area contributed by atoms with Gasteiger partial charge >= 0.3 is 0 Å². The smallest absolute Gasteiger partial charge is 0.220 e. The molecule has 5 nitrogen and oxygen atoms in total. The van der Waals surface area contributed by atoms with Crippen LogP contribution in [-0.2, 0) is 16.1 Å². The molecule has 2 heterocycles. The number of hydrogen-bond acceptors (Lipinski definition) is 3. The number of ether oxygens (including phenoxy) is 1. The highest BCUT2D eigenvalue weighted by Crippen LogP contribution is 2.32. The molecule has 0 unspecified atom stereocenters. The van der Waals surface area contributed by atoms with Gasteiger partial charge in [0.1, 0.15) is 0 Å². The summed E-state index contributed by atoms with van der Waals surface area (Å²) < 4.78 is 5.37. The molecule has 1 fully saturated rings. The molecule has 1 aliphatic rings. The lowest BCUT2D eigenvalue weighted by Gasteiger charge is -2.26.